The maximum Gasteiger partial charge on any atom is 0.281 e. The Morgan fingerprint density at radius 2 is 1.81 bits per heavy atom. The second kappa shape index (κ2) is 6.25. The molecule has 0 fully saturated rings. The third kappa shape index (κ3) is 2.59. The van der Waals surface area contributed by atoms with Gasteiger partial charge in [0.05, 0.1) is 10.9 Å². The molecule has 2 aromatic heterocycles. The van der Waals surface area contributed by atoms with Crippen molar-refractivity contribution < 1.29 is 0 Å². The van der Waals surface area contributed by atoms with Gasteiger partial charge in [-0.2, -0.15) is 4.68 Å². The van der Waals surface area contributed by atoms with Gasteiger partial charge in [0.2, 0.25) is 4.73 Å². The van der Waals surface area contributed by atoms with Gasteiger partial charge in [-0.1, -0.05) is 42.0 Å². The van der Waals surface area contributed by atoms with Crippen LogP contribution in [-0.2, 0) is 6.42 Å². The SMILES string of the molecule is Cc1ccc(Cc2cccc3c2c(=O)n(N(C)C)c2nnc(Br)n32)cc1. The molecule has 4 rings (SSSR count). The molecule has 7 heteroatoms. The molecule has 0 radical (unpaired) electrons. The molecule has 0 aliphatic rings. The van der Waals surface area contributed by atoms with Crippen molar-refractivity contribution in [2.24, 2.45) is 0 Å². The van der Waals surface area contributed by atoms with Gasteiger partial charge >= 0.3 is 0 Å². The molecular weight excluding hydrogens is 394 g/mol. The van der Waals surface area contributed by atoms with Crippen molar-refractivity contribution in [1.82, 2.24) is 19.3 Å². The van der Waals surface area contributed by atoms with Crippen LogP contribution in [0.1, 0.15) is 16.7 Å². The maximum absolute atomic E-state index is 13.3. The average Bonchev–Trinajstić information content (AvgIpc) is 2.98. The van der Waals surface area contributed by atoms with Gasteiger partial charge in [0.15, 0.2) is 0 Å². The van der Waals surface area contributed by atoms with Gasteiger partial charge in [-0.3, -0.25) is 9.20 Å². The van der Waals surface area contributed by atoms with E-state index in [4.69, 9.17) is 0 Å². The summed E-state index contributed by atoms with van der Waals surface area (Å²) in [6.45, 7) is 2.07. The smallest absolute Gasteiger partial charge is 0.281 e. The Morgan fingerprint density at radius 3 is 2.50 bits per heavy atom. The number of benzene rings is 2. The Labute approximate surface area is 158 Å². The Balaban J connectivity index is 2.05. The second-order valence-corrected chi connectivity index (χ2v) is 7.25. The van der Waals surface area contributed by atoms with Crippen LogP contribution in [0.5, 0.6) is 0 Å². The molecule has 0 aliphatic heterocycles. The highest BCUT2D eigenvalue weighted by atomic mass is 79.9. The Kier molecular flexibility index (Phi) is 4.03. The third-order valence-electron chi connectivity index (χ3n) is 4.49. The summed E-state index contributed by atoms with van der Waals surface area (Å²) < 4.78 is 3.97. The van der Waals surface area contributed by atoms with Crippen LogP contribution in [0.4, 0.5) is 0 Å². The predicted octanol–water partition coefficient (Wildman–Crippen LogP) is 2.90. The number of aromatic nitrogens is 4. The zero-order valence-electron chi connectivity index (χ0n) is 14.8. The van der Waals surface area contributed by atoms with Crippen LogP contribution in [0, 0.1) is 6.92 Å². The van der Waals surface area contributed by atoms with Gasteiger partial charge in [0, 0.05) is 14.1 Å². The molecule has 132 valence electrons. The quantitative estimate of drug-likeness (QED) is 0.519. The van der Waals surface area contributed by atoms with Crippen molar-refractivity contribution >= 4 is 32.6 Å². The summed E-state index contributed by atoms with van der Waals surface area (Å²) in [6.07, 6.45) is 0.686. The van der Waals surface area contributed by atoms with Gasteiger partial charge < -0.3 is 5.01 Å². The minimum absolute atomic E-state index is 0.0971. The Bertz CT molecular complexity index is 1170. The molecule has 4 aromatic rings. The summed E-state index contributed by atoms with van der Waals surface area (Å²) in [5.74, 6) is 0.479. The Hall–Kier alpha value is -2.67. The number of halogens is 1. The van der Waals surface area contributed by atoms with E-state index >= 15 is 0 Å². The topological polar surface area (TPSA) is 55.4 Å². The number of hydrogen-bond donors (Lipinski definition) is 0. The highest BCUT2D eigenvalue weighted by Crippen LogP contribution is 2.22. The summed E-state index contributed by atoms with van der Waals surface area (Å²) in [7, 11) is 3.64. The van der Waals surface area contributed by atoms with Crippen LogP contribution < -0.4 is 10.6 Å². The first-order valence-electron chi connectivity index (χ1n) is 8.28. The van der Waals surface area contributed by atoms with Crippen molar-refractivity contribution in [3.8, 4) is 0 Å². The largest absolute Gasteiger partial charge is 0.313 e. The number of fused-ring (bicyclic) bond motifs is 3. The maximum atomic E-state index is 13.3. The van der Waals surface area contributed by atoms with Crippen molar-refractivity contribution in [1.29, 1.82) is 0 Å². The van der Waals surface area contributed by atoms with E-state index in [-0.39, 0.29) is 5.56 Å². The summed E-state index contributed by atoms with van der Waals surface area (Å²) in [4.78, 5) is 13.3. The minimum atomic E-state index is -0.0971. The monoisotopic (exact) mass is 411 g/mol. The van der Waals surface area contributed by atoms with Crippen LogP contribution in [0.15, 0.2) is 52.0 Å². The zero-order chi connectivity index (χ0) is 18.4. The molecule has 0 aliphatic carbocycles. The second-order valence-electron chi connectivity index (χ2n) is 6.54. The zero-order valence-corrected chi connectivity index (χ0v) is 16.4. The van der Waals surface area contributed by atoms with Crippen molar-refractivity contribution in [2.75, 3.05) is 19.1 Å². The highest BCUT2D eigenvalue weighted by molar-refractivity contribution is 9.10. The first-order chi connectivity index (χ1) is 12.5. The molecule has 6 nitrogen and oxygen atoms in total. The molecule has 26 heavy (non-hydrogen) atoms. The summed E-state index contributed by atoms with van der Waals surface area (Å²) in [5, 5.41) is 10.7. The fraction of sp³-hybridized carbons (Fsp3) is 0.211. The normalized spacial score (nSPS) is 11.4. The lowest BCUT2D eigenvalue weighted by molar-refractivity contribution is 0.708. The molecular formula is C19H18BrN5O. The third-order valence-corrected chi connectivity index (χ3v) is 5.00. The lowest BCUT2D eigenvalue weighted by Crippen LogP contribution is -2.38. The predicted molar refractivity (Wildman–Crippen MR) is 107 cm³/mol. The average molecular weight is 412 g/mol. The van der Waals surface area contributed by atoms with E-state index in [9.17, 15) is 4.79 Å². The molecule has 0 bridgehead atoms. The van der Waals surface area contributed by atoms with E-state index in [1.54, 1.807) is 9.69 Å². The van der Waals surface area contributed by atoms with E-state index in [0.717, 1.165) is 11.1 Å². The molecule has 2 heterocycles. The van der Waals surface area contributed by atoms with E-state index in [1.165, 1.54) is 11.1 Å². The standard InChI is InChI=1S/C19H18BrN5O/c1-12-7-9-13(10-8-12)11-14-5-4-6-15-16(14)17(26)25(23(2)3)19-22-21-18(20)24(15)19/h4-10H,11H2,1-3H3. The van der Waals surface area contributed by atoms with Gasteiger partial charge in [0.25, 0.3) is 11.3 Å². The lowest BCUT2D eigenvalue weighted by atomic mass is 10.0. The Morgan fingerprint density at radius 1 is 1.08 bits per heavy atom. The molecule has 0 saturated carbocycles. The van der Waals surface area contributed by atoms with Crippen LogP contribution in [0.25, 0.3) is 16.7 Å². The van der Waals surface area contributed by atoms with Crippen molar-refractivity contribution in [3.05, 3.63) is 74.2 Å². The first-order valence-corrected chi connectivity index (χ1v) is 9.07. The van der Waals surface area contributed by atoms with Crippen LogP contribution in [0.3, 0.4) is 0 Å². The van der Waals surface area contributed by atoms with Crippen molar-refractivity contribution in [2.45, 2.75) is 13.3 Å². The number of hydrogen-bond acceptors (Lipinski definition) is 4. The van der Waals surface area contributed by atoms with E-state index in [0.29, 0.717) is 22.3 Å². The molecule has 0 spiro atoms. The summed E-state index contributed by atoms with van der Waals surface area (Å²) in [5.41, 5.74) is 4.07. The van der Waals surface area contributed by atoms with Crippen LogP contribution in [0.2, 0.25) is 0 Å². The number of nitrogens with zero attached hydrogens (tertiary/aromatic N) is 5. The fourth-order valence-electron chi connectivity index (χ4n) is 3.25. The molecule has 0 unspecified atom stereocenters. The van der Waals surface area contributed by atoms with Crippen LogP contribution >= 0.6 is 15.9 Å². The summed E-state index contributed by atoms with van der Waals surface area (Å²) >= 11 is 3.45. The van der Waals surface area contributed by atoms with E-state index < -0.39 is 0 Å². The van der Waals surface area contributed by atoms with Gasteiger partial charge in [-0.15, -0.1) is 10.2 Å². The van der Waals surface area contributed by atoms with Gasteiger partial charge in [0.1, 0.15) is 0 Å². The minimum Gasteiger partial charge on any atom is -0.313 e. The highest BCUT2D eigenvalue weighted by Gasteiger charge is 2.18. The number of aryl methyl sites for hydroxylation is 1. The number of rotatable bonds is 3. The molecule has 0 N–H and O–H groups in total. The van der Waals surface area contributed by atoms with Crippen LogP contribution in [-0.4, -0.2) is 33.4 Å². The van der Waals surface area contributed by atoms with Crippen molar-refractivity contribution in [3.63, 3.8) is 0 Å². The molecule has 0 atom stereocenters. The fourth-order valence-corrected chi connectivity index (χ4v) is 3.68. The van der Waals surface area contributed by atoms with E-state index in [2.05, 4.69) is 57.3 Å². The first kappa shape index (κ1) is 16.8. The van der Waals surface area contributed by atoms with Gasteiger partial charge in [-0.05, 0) is 46.5 Å². The molecule has 0 saturated heterocycles. The molecule has 0 amide bonds. The lowest BCUT2D eigenvalue weighted by Gasteiger charge is -2.18. The molecule has 2 aromatic carbocycles. The van der Waals surface area contributed by atoms with Gasteiger partial charge in [-0.25, -0.2) is 0 Å². The summed E-state index contributed by atoms with van der Waals surface area (Å²) in [6, 6.07) is 14.3. The van der Waals surface area contributed by atoms with E-state index in [1.807, 2.05) is 36.7 Å².